The summed E-state index contributed by atoms with van der Waals surface area (Å²) in [6.45, 7) is 4.11. The van der Waals surface area contributed by atoms with Gasteiger partial charge in [-0.3, -0.25) is 14.7 Å². The Kier molecular flexibility index (Phi) is 5.93. The summed E-state index contributed by atoms with van der Waals surface area (Å²) >= 11 is 0. The van der Waals surface area contributed by atoms with Crippen LogP contribution in [0.1, 0.15) is 31.0 Å². The molecule has 4 nitrogen and oxygen atoms in total. The van der Waals surface area contributed by atoms with Gasteiger partial charge < -0.3 is 4.90 Å². The van der Waals surface area contributed by atoms with Crippen molar-refractivity contribution in [2.75, 3.05) is 13.1 Å². The molecule has 1 aliphatic heterocycles. The number of halogens is 2. The van der Waals surface area contributed by atoms with Gasteiger partial charge in [-0.2, -0.15) is 0 Å². The highest BCUT2D eigenvalue weighted by Crippen LogP contribution is 2.22. The number of likely N-dealkylation sites (tertiary alicyclic amines) is 1. The Bertz CT molecular complexity index is 754. The lowest BCUT2D eigenvalue weighted by atomic mass is 10.0. The molecule has 1 fully saturated rings. The molecule has 26 heavy (non-hydrogen) atoms. The maximum atomic E-state index is 13.9. The van der Waals surface area contributed by atoms with Gasteiger partial charge in [-0.25, -0.2) is 8.78 Å². The number of aromatic nitrogens is 1. The highest BCUT2D eigenvalue weighted by molar-refractivity contribution is 5.82. The summed E-state index contributed by atoms with van der Waals surface area (Å²) in [6, 6.07) is 9.01. The normalized spacial score (nSPS) is 17.8. The molecule has 0 aliphatic carbocycles. The van der Waals surface area contributed by atoms with E-state index in [1.54, 1.807) is 11.1 Å². The van der Waals surface area contributed by atoms with E-state index in [0.29, 0.717) is 18.7 Å². The van der Waals surface area contributed by atoms with E-state index < -0.39 is 11.6 Å². The Morgan fingerprint density at radius 3 is 2.81 bits per heavy atom. The Morgan fingerprint density at radius 1 is 1.27 bits per heavy atom. The maximum absolute atomic E-state index is 13.9. The number of likely N-dealkylation sites (N-methyl/N-ethyl adjacent to an activating group) is 1. The van der Waals surface area contributed by atoms with Crippen LogP contribution in [0, 0.1) is 11.6 Å². The first-order valence-corrected chi connectivity index (χ1v) is 8.95. The summed E-state index contributed by atoms with van der Waals surface area (Å²) in [5.74, 6) is -1.22. The zero-order valence-corrected chi connectivity index (χ0v) is 14.9. The molecule has 1 aromatic carbocycles. The smallest absolute Gasteiger partial charge is 0.240 e. The highest BCUT2D eigenvalue weighted by atomic mass is 19.1. The zero-order valence-electron chi connectivity index (χ0n) is 14.9. The summed E-state index contributed by atoms with van der Waals surface area (Å²) < 4.78 is 27.0. The van der Waals surface area contributed by atoms with Gasteiger partial charge in [0.1, 0.15) is 11.6 Å². The van der Waals surface area contributed by atoms with Crippen molar-refractivity contribution in [1.82, 2.24) is 14.8 Å². The standard InChI is InChI=1S/C20H23F2N3O/c1-2-24(14-17-6-3-4-10-23-17)19-7-5-11-25(20(19)26)13-15-8-9-16(21)12-18(15)22/h3-4,6,8-10,12,19H,2,5,7,11,13-14H2,1H3. The number of carbonyl (C=O) groups is 1. The predicted molar refractivity (Wildman–Crippen MR) is 95.1 cm³/mol. The fourth-order valence-corrected chi connectivity index (χ4v) is 3.41. The third-order valence-electron chi connectivity index (χ3n) is 4.82. The summed E-state index contributed by atoms with van der Waals surface area (Å²) in [5, 5.41) is 0. The Labute approximate surface area is 152 Å². The monoisotopic (exact) mass is 359 g/mol. The fraction of sp³-hybridized carbons (Fsp3) is 0.400. The molecule has 1 saturated heterocycles. The molecule has 1 amide bonds. The molecular formula is C20H23F2N3O. The van der Waals surface area contributed by atoms with Crippen LogP contribution < -0.4 is 0 Å². The van der Waals surface area contributed by atoms with Gasteiger partial charge in [0.05, 0.1) is 11.7 Å². The van der Waals surface area contributed by atoms with Gasteiger partial charge in [-0.05, 0) is 37.6 Å². The Morgan fingerprint density at radius 2 is 2.12 bits per heavy atom. The van der Waals surface area contributed by atoms with E-state index in [4.69, 9.17) is 0 Å². The van der Waals surface area contributed by atoms with Gasteiger partial charge in [-0.1, -0.05) is 19.1 Å². The van der Waals surface area contributed by atoms with E-state index >= 15 is 0 Å². The molecule has 6 heteroatoms. The molecule has 2 aromatic rings. The van der Waals surface area contributed by atoms with Crippen LogP contribution in [0.5, 0.6) is 0 Å². The molecule has 0 saturated carbocycles. The van der Waals surface area contributed by atoms with Gasteiger partial charge in [0.15, 0.2) is 0 Å². The van der Waals surface area contributed by atoms with Gasteiger partial charge in [0.2, 0.25) is 5.91 Å². The lowest BCUT2D eigenvalue weighted by Crippen LogP contribution is -2.51. The molecule has 138 valence electrons. The van der Waals surface area contributed by atoms with E-state index in [1.807, 2.05) is 25.1 Å². The number of pyridine rings is 1. The van der Waals surface area contributed by atoms with Crippen LogP contribution in [0.3, 0.4) is 0 Å². The largest absolute Gasteiger partial charge is 0.337 e. The van der Waals surface area contributed by atoms with Gasteiger partial charge in [0.25, 0.3) is 0 Å². The summed E-state index contributed by atoms with van der Waals surface area (Å²) in [4.78, 5) is 21.1. The third kappa shape index (κ3) is 4.25. The van der Waals surface area contributed by atoms with Gasteiger partial charge in [-0.15, -0.1) is 0 Å². The molecule has 2 heterocycles. The Balaban J connectivity index is 1.71. The van der Waals surface area contributed by atoms with Crippen molar-refractivity contribution in [2.45, 2.75) is 38.9 Å². The number of nitrogens with zero attached hydrogens (tertiary/aromatic N) is 3. The molecule has 1 unspecified atom stereocenters. The minimum absolute atomic E-state index is 0.00208. The molecule has 1 aliphatic rings. The molecular weight excluding hydrogens is 336 g/mol. The highest BCUT2D eigenvalue weighted by Gasteiger charge is 2.33. The number of amides is 1. The van der Waals surface area contributed by atoms with Crippen LogP contribution in [-0.4, -0.2) is 39.8 Å². The lowest BCUT2D eigenvalue weighted by molar-refractivity contribution is -0.141. The summed E-state index contributed by atoms with van der Waals surface area (Å²) in [6.07, 6.45) is 3.38. The molecule has 1 atom stereocenters. The van der Waals surface area contributed by atoms with E-state index in [1.165, 1.54) is 12.1 Å². The van der Waals surface area contributed by atoms with Crippen molar-refractivity contribution in [2.24, 2.45) is 0 Å². The SMILES string of the molecule is CCN(Cc1ccccn1)C1CCCN(Cc2ccc(F)cc2F)C1=O. The third-order valence-corrected chi connectivity index (χ3v) is 4.82. The van der Waals surface area contributed by atoms with Crippen LogP contribution in [0.2, 0.25) is 0 Å². The quantitative estimate of drug-likeness (QED) is 0.793. The first kappa shape index (κ1) is 18.5. The van der Waals surface area contributed by atoms with Gasteiger partial charge in [0, 0.05) is 37.5 Å². The van der Waals surface area contributed by atoms with E-state index in [-0.39, 0.29) is 18.5 Å². The second-order valence-electron chi connectivity index (χ2n) is 6.54. The number of hydrogen-bond donors (Lipinski definition) is 0. The average molecular weight is 359 g/mol. The molecule has 0 bridgehead atoms. The first-order chi connectivity index (χ1) is 12.6. The van der Waals surface area contributed by atoms with Crippen molar-refractivity contribution in [1.29, 1.82) is 0 Å². The van der Waals surface area contributed by atoms with Crippen LogP contribution in [0.4, 0.5) is 8.78 Å². The predicted octanol–water partition coefficient (Wildman–Crippen LogP) is 3.37. The van der Waals surface area contributed by atoms with Crippen molar-refractivity contribution in [3.8, 4) is 0 Å². The number of benzene rings is 1. The van der Waals surface area contributed by atoms with Gasteiger partial charge >= 0.3 is 0 Å². The van der Waals surface area contributed by atoms with Crippen molar-refractivity contribution < 1.29 is 13.6 Å². The number of rotatable bonds is 6. The van der Waals surface area contributed by atoms with Crippen molar-refractivity contribution in [3.63, 3.8) is 0 Å². The minimum Gasteiger partial charge on any atom is -0.337 e. The van der Waals surface area contributed by atoms with Crippen molar-refractivity contribution in [3.05, 3.63) is 65.5 Å². The van der Waals surface area contributed by atoms with E-state index in [0.717, 1.165) is 31.1 Å². The molecule has 0 spiro atoms. The summed E-state index contributed by atoms with van der Waals surface area (Å²) in [5.41, 5.74) is 1.26. The number of carbonyl (C=O) groups excluding carboxylic acids is 1. The number of hydrogen-bond acceptors (Lipinski definition) is 3. The molecule has 0 radical (unpaired) electrons. The second-order valence-corrected chi connectivity index (χ2v) is 6.54. The van der Waals surface area contributed by atoms with Crippen molar-refractivity contribution >= 4 is 5.91 Å². The van der Waals surface area contributed by atoms with Crippen LogP contribution in [0.15, 0.2) is 42.6 Å². The zero-order chi connectivity index (χ0) is 18.5. The first-order valence-electron chi connectivity index (χ1n) is 8.95. The number of piperidine rings is 1. The maximum Gasteiger partial charge on any atom is 0.240 e. The average Bonchev–Trinajstić information content (AvgIpc) is 2.64. The molecule has 3 rings (SSSR count). The second kappa shape index (κ2) is 8.36. The molecule has 0 N–H and O–H groups in total. The Hall–Kier alpha value is -2.34. The summed E-state index contributed by atoms with van der Waals surface area (Å²) in [7, 11) is 0. The van der Waals surface area contributed by atoms with E-state index in [2.05, 4.69) is 9.88 Å². The van der Waals surface area contributed by atoms with Crippen LogP contribution >= 0.6 is 0 Å². The molecule has 1 aromatic heterocycles. The van der Waals surface area contributed by atoms with E-state index in [9.17, 15) is 13.6 Å². The minimum atomic E-state index is -0.610. The van der Waals surface area contributed by atoms with Crippen LogP contribution in [0.25, 0.3) is 0 Å². The van der Waals surface area contributed by atoms with Crippen LogP contribution in [-0.2, 0) is 17.9 Å². The topological polar surface area (TPSA) is 36.4 Å². The fourth-order valence-electron chi connectivity index (χ4n) is 3.41. The lowest BCUT2D eigenvalue weighted by Gasteiger charge is -2.38.